The molecule has 0 unspecified atom stereocenters. The molecular weight excluding hydrogens is 216 g/mol. The first-order valence-corrected chi connectivity index (χ1v) is 8.64. The van der Waals surface area contributed by atoms with Gasteiger partial charge in [0.25, 0.3) is 0 Å². The lowest BCUT2D eigenvalue weighted by molar-refractivity contribution is -0.117. The largest absolute Gasteiger partial charge is 0.369 e. The molecule has 3 nitrogen and oxygen atoms in total. The zero-order valence-corrected chi connectivity index (χ0v) is 10.9. The van der Waals surface area contributed by atoms with Gasteiger partial charge in [-0.2, -0.15) is 0 Å². The maximum Gasteiger partial charge on any atom is 0.221 e. The van der Waals surface area contributed by atoms with Crippen molar-refractivity contribution >= 4 is 14.0 Å². The first-order chi connectivity index (χ1) is 7.38. The van der Waals surface area contributed by atoms with E-state index in [4.69, 9.17) is 5.73 Å². The Bertz CT molecular complexity index is 452. The van der Waals surface area contributed by atoms with Crippen LogP contribution in [-0.4, -0.2) is 19.0 Å². The first kappa shape index (κ1) is 12.5. The van der Waals surface area contributed by atoms with Gasteiger partial charge in [0.05, 0.1) is 6.42 Å². The molecule has 0 atom stereocenters. The van der Waals surface area contributed by atoms with Crippen LogP contribution in [-0.2, 0) is 11.2 Å². The Balaban J connectivity index is 3.03. The molecule has 1 aromatic rings. The van der Waals surface area contributed by atoms with E-state index >= 15 is 0 Å². The van der Waals surface area contributed by atoms with Crippen LogP contribution in [0.15, 0.2) is 18.3 Å². The minimum absolute atomic E-state index is 0.198. The summed E-state index contributed by atoms with van der Waals surface area (Å²) in [5.41, 5.74) is 9.87. The van der Waals surface area contributed by atoms with Gasteiger partial charge in [0.2, 0.25) is 5.91 Å². The molecule has 0 aliphatic rings. The normalized spacial score (nSPS) is 10.4. The summed E-state index contributed by atoms with van der Waals surface area (Å²) >= 11 is 0. The maximum absolute atomic E-state index is 10.9. The number of hydrogen-bond donors (Lipinski definition) is 1. The van der Waals surface area contributed by atoms with Gasteiger partial charge in [0.1, 0.15) is 13.8 Å². The number of hydrogen-bond acceptors (Lipinski definition) is 2. The molecule has 0 aliphatic heterocycles. The summed E-state index contributed by atoms with van der Waals surface area (Å²) in [4.78, 5) is 15.1. The number of nitrogens with zero attached hydrogens (tertiary/aromatic N) is 1. The predicted octanol–water partition coefficient (Wildman–Crippen LogP) is 1.34. The summed E-state index contributed by atoms with van der Waals surface area (Å²) in [7, 11) is -1.42. The molecule has 1 amide bonds. The highest BCUT2D eigenvalue weighted by Gasteiger charge is 2.09. The molecule has 0 radical (unpaired) electrons. The summed E-state index contributed by atoms with van der Waals surface area (Å²) in [6.45, 7) is 6.49. The Labute approximate surface area is 97.1 Å². The monoisotopic (exact) mass is 232 g/mol. The zero-order valence-electron chi connectivity index (χ0n) is 9.87. The Hall–Kier alpha value is -1.60. The van der Waals surface area contributed by atoms with E-state index in [0.29, 0.717) is 5.69 Å². The lowest BCUT2D eigenvalue weighted by atomic mass is 10.1. The topological polar surface area (TPSA) is 56.0 Å². The highest BCUT2D eigenvalue weighted by Crippen LogP contribution is 2.05. The van der Waals surface area contributed by atoms with Gasteiger partial charge in [-0.25, -0.2) is 4.98 Å². The van der Waals surface area contributed by atoms with Gasteiger partial charge in [-0.15, -0.1) is 5.54 Å². The summed E-state index contributed by atoms with van der Waals surface area (Å²) in [5, 5.41) is 0. The third kappa shape index (κ3) is 4.28. The smallest absolute Gasteiger partial charge is 0.221 e. The number of nitrogens with two attached hydrogens (primary N) is 1. The molecule has 0 aromatic carbocycles. The second-order valence-electron chi connectivity index (χ2n) is 4.65. The molecule has 84 valence electrons. The molecular formula is C12H16N2OSi. The fraction of sp³-hybridized carbons (Fsp3) is 0.333. The fourth-order valence-electron chi connectivity index (χ4n) is 1.13. The van der Waals surface area contributed by atoms with E-state index in [1.807, 2.05) is 6.07 Å². The fourth-order valence-corrected chi connectivity index (χ4v) is 1.62. The van der Waals surface area contributed by atoms with E-state index in [9.17, 15) is 4.79 Å². The highest BCUT2D eigenvalue weighted by atomic mass is 28.3. The van der Waals surface area contributed by atoms with Crippen LogP contribution in [0, 0.1) is 11.5 Å². The predicted molar refractivity (Wildman–Crippen MR) is 67.4 cm³/mol. The van der Waals surface area contributed by atoms with Gasteiger partial charge in [-0.1, -0.05) is 31.6 Å². The van der Waals surface area contributed by atoms with Crippen molar-refractivity contribution in [1.29, 1.82) is 0 Å². The van der Waals surface area contributed by atoms with Crippen molar-refractivity contribution in [3.05, 3.63) is 29.6 Å². The Morgan fingerprint density at radius 3 is 2.75 bits per heavy atom. The van der Waals surface area contributed by atoms with E-state index in [1.54, 1.807) is 12.3 Å². The third-order valence-electron chi connectivity index (χ3n) is 1.81. The molecule has 1 heterocycles. The van der Waals surface area contributed by atoms with Crippen molar-refractivity contribution < 1.29 is 4.79 Å². The lowest BCUT2D eigenvalue weighted by Gasteiger charge is -2.04. The summed E-state index contributed by atoms with van der Waals surface area (Å²) in [5.74, 6) is 2.69. The number of rotatable bonds is 2. The zero-order chi connectivity index (χ0) is 12.2. The minimum atomic E-state index is -1.42. The summed E-state index contributed by atoms with van der Waals surface area (Å²) in [6.07, 6.45) is 1.88. The molecule has 0 spiro atoms. The molecule has 0 aliphatic carbocycles. The van der Waals surface area contributed by atoms with Gasteiger partial charge >= 0.3 is 0 Å². The van der Waals surface area contributed by atoms with Crippen molar-refractivity contribution in [3.63, 3.8) is 0 Å². The lowest BCUT2D eigenvalue weighted by Crippen LogP contribution is -2.17. The van der Waals surface area contributed by atoms with Crippen molar-refractivity contribution in [3.8, 4) is 11.5 Å². The molecule has 0 saturated heterocycles. The van der Waals surface area contributed by atoms with E-state index in [1.165, 1.54) is 0 Å². The molecule has 1 aromatic heterocycles. The second kappa shape index (κ2) is 4.95. The summed E-state index contributed by atoms with van der Waals surface area (Å²) < 4.78 is 0. The van der Waals surface area contributed by atoms with Crippen LogP contribution >= 0.6 is 0 Å². The van der Waals surface area contributed by atoms with Crippen molar-refractivity contribution in [2.75, 3.05) is 0 Å². The number of aromatic nitrogens is 1. The standard InChI is InChI=1S/C12H16N2OSi/c1-16(2,3)8-6-11-10(9-12(13)15)5-4-7-14-11/h4-5,7H,9H2,1-3H3,(H2,13,15). The van der Waals surface area contributed by atoms with Crippen LogP contribution < -0.4 is 5.73 Å². The van der Waals surface area contributed by atoms with Crippen LogP contribution in [0.25, 0.3) is 0 Å². The third-order valence-corrected chi connectivity index (χ3v) is 2.69. The second-order valence-corrected chi connectivity index (χ2v) is 9.40. The van der Waals surface area contributed by atoms with Gasteiger partial charge < -0.3 is 5.73 Å². The molecule has 0 bridgehead atoms. The van der Waals surface area contributed by atoms with E-state index in [0.717, 1.165) is 5.56 Å². The number of primary amides is 1. The van der Waals surface area contributed by atoms with Gasteiger partial charge in [0, 0.05) is 6.20 Å². The van der Waals surface area contributed by atoms with Crippen LogP contribution in [0.4, 0.5) is 0 Å². The molecule has 4 heteroatoms. The van der Waals surface area contributed by atoms with Crippen LogP contribution in [0.3, 0.4) is 0 Å². The van der Waals surface area contributed by atoms with Gasteiger partial charge in [-0.3, -0.25) is 4.79 Å². The van der Waals surface area contributed by atoms with Crippen molar-refractivity contribution in [2.45, 2.75) is 26.1 Å². The van der Waals surface area contributed by atoms with Gasteiger partial charge in [-0.05, 0) is 11.6 Å². The van der Waals surface area contributed by atoms with Crippen molar-refractivity contribution in [2.24, 2.45) is 5.73 Å². The van der Waals surface area contributed by atoms with Crippen molar-refractivity contribution in [1.82, 2.24) is 4.98 Å². The summed E-state index contributed by atoms with van der Waals surface area (Å²) in [6, 6.07) is 3.63. The Morgan fingerprint density at radius 1 is 1.50 bits per heavy atom. The average molecular weight is 232 g/mol. The number of carbonyl (C=O) groups excluding carboxylic acids is 1. The van der Waals surface area contributed by atoms with E-state index in [-0.39, 0.29) is 12.3 Å². The first-order valence-electron chi connectivity index (χ1n) is 5.14. The van der Waals surface area contributed by atoms with E-state index in [2.05, 4.69) is 36.1 Å². The van der Waals surface area contributed by atoms with Crippen LogP contribution in [0.5, 0.6) is 0 Å². The molecule has 16 heavy (non-hydrogen) atoms. The Kier molecular flexibility index (Phi) is 3.86. The number of pyridine rings is 1. The molecule has 2 N–H and O–H groups in total. The molecule has 0 saturated carbocycles. The molecule has 1 rings (SSSR count). The number of amides is 1. The Morgan fingerprint density at radius 2 is 2.19 bits per heavy atom. The number of carbonyl (C=O) groups is 1. The average Bonchev–Trinajstić information content (AvgIpc) is 2.14. The van der Waals surface area contributed by atoms with Gasteiger partial charge in [0.15, 0.2) is 0 Å². The highest BCUT2D eigenvalue weighted by molar-refractivity contribution is 6.83. The SMILES string of the molecule is C[Si](C)(C)C#Cc1ncccc1CC(N)=O. The van der Waals surface area contributed by atoms with Crippen LogP contribution in [0.1, 0.15) is 11.3 Å². The van der Waals surface area contributed by atoms with Crippen LogP contribution in [0.2, 0.25) is 19.6 Å². The maximum atomic E-state index is 10.9. The quantitative estimate of drug-likeness (QED) is 0.618. The minimum Gasteiger partial charge on any atom is -0.369 e. The molecule has 0 fully saturated rings. The van der Waals surface area contributed by atoms with E-state index < -0.39 is 8.07 Å².